The van der Waals surface area contributed by atoms with E-state index >= 15 is 0 Å². The SMILES string of the molecule is CN(CC(=O)Nc1ccccc1)C(=O)C1CCCN(c2ncccn2)C1. The monoisotopic (exact) mass is 353 g/mol. The number of para-hydroxylation sites is 1. The van der Waals surface area contributed by atoms with Crippen molar-refractivity contribution in [2.24, 2.45) is 5.92 Å². The van der Waals surface area contributed by atoms with Crippen molar-refractivity contribution < 1.29 is 9.59 Å². The van der Waals surface area contributed by atoms with Gasteiger partial charge in [-0.1, -0.05) is 18.2 Å². The third-order valence-electron chi connectivity index (χ3n) is 4.42. The van der Waals surface area contributed by atoms with Gasteiger partial charge in [-0.2, -0.15) is 0 Å². The molecule has 2 heterocycles. The summed E-state index contributed by atoms with van der Waals surface area (Å²) in [4.78, 5) is 37.0. The molecule has 1 aliphatic rings. The first kappa shape index (κ1) is 17.8. The van der Waals surface area contributed by atoms with Crippen LogP contribution in [-0.2, 0) is 9.59 Å². The van der Waals surface area contributed by atoms with Gasteiger partial charge in [-0.05, 0) is 31.0 Å². The first-order chi connectivity index (χ1) is 12.6. The van der Waals surface area contributed by atoms with E-state index in [4.69, 9.17) is 0 Å². The summed E-state index contributed by atoms with van der Waals surface area (Å²) >= 11 is 0. The van der Waals surface area contributed by atoms with Crippen LogP contribution in [0.15, 0.2) is 48.8 Å². The standard InChI is InChI=1S/C19H23N5O2/c1-23(14-17(25)22-16-8-3-2-4-9-16)18(26)15-7-5-12-24(13-15)19-20-10-6-11-21-19/h2-4,6,8-11,15H,5,7,12-14H2,1H3,(H,22,25). The minimum atomic E-state index is -0.203. The van der Waals surface area contributed by atoms with E-state index in [9.17, 15) is 9.59 Å². The maximum Gasteiger partial charge on any atom is 0.243 e. The number of hydrogen-bond acceptors (Lipinski definition) is 5. The van der Waals surface area contributed by atoms with Gasteiger partial charge in [-0.3, -0.25) is 9.59 Å². The van der Waals surface area contributed by atoms with E-state index in [2.05, 4.69) is 15.3 Å². The van der Waals surface area contributed by atoms with E-state index in [1.54, 1.807) is 25.5 Å². The van der Waals surface area contributed by atoms with Crippen LogP contribution in [0.25, 0.3) is 0 Å². The molecule has 1 unspecified atom stereocenters. The van der Waals surface area contributed by atoms with E-state index in [1.165, 1.54) is 4.90 Å². The number of aromatic nitrogens is 2. The first-order valence-corrected chi connectivity index (χ1v) is 8.75. The lowest BCUT2D eigenvalue weighted by molar-refractivity contribution is -0.137. The lowest BCUT2D eigenvalue weighted by Gasteiger charge is -2.33. The molecule has 26 heavy (non-hydrogen) atoms. The Bertz CT molecular complexity index is 738. The Balaban J connectivity index is 1.55. The van der Waals surface area contributed by atoms with Crippen molar-refractivity contribution in [3.8, 4) is 0 Å². The van der Waals surface area contributed by atoms with Gasteiger partial charge in [0.2, 0.25) is 17.8 Å². The predicted molar refractivity (Wildman–Crippen MR) is 99.7 cm³/mol. The van der Waals surface area contributed by atoms with Crippen molar-refractivity contribution in [1.82, 2.24) is 14.9 Å². The molecule has 1 aliphatic heterocycles. The highest BCUT2D eigenvalue weighted by atomic mass is 16.2. The summed E-state index contributed by atoms with van der Waals surface area (Å²) in [5, 5.41) is 2.80. The van der Waals surface area contributed by atoms with Crippen LogP contribution in [0.1, 0.15) is 12.8 Å². The third kappa shape index (κ3) is 4.56. The molecule has 7 nitrogen and oxygen atoms in total. The quantitative estimate of drug-likeness (QED) is 0.887. The van der Waals surface area contributed by atoms with Crippen LogP contribution >= 0.6 is 0 Å². The van der Waals surface area contributed by atoms with Crippen LogP contribution in [0.4, 0.5) is 11.6 Å². The molecular formula is C19H23N5O2. The summed E-state index contributed by atoms with van der Waals surface area (Å²) in [6, 6.07) is 11.0. The lowest BCUT2D eigenvalue weighted by atomic mass is 9.97. The molecule has 0 aliphatic carbocycles. The minimum absolute atomic E-state index is 0.0196. The second-order valence-corrected chi connectivity index (χ2v) is 6.44. The predicted octanol–water partition coefficient (Wildman–Crippen LogP) is 1.79. The average Bonchev–Trinajstić information content (AvgIpc) is 2.69. The van der Waals surface area contributed by atoms with Crippen molar-refractivity contribution >= 4 is 23.5 Å². The molecular weight excluding hydrogens is 330 g/mol. The summed E-state index contributed by atoms with van der Waals surface area (Å²) in [5.74, 6) is 0.275. The molecule has 0 radical (unpaired) electrons. The highest BCUT2D eigenvalue weighted by Crippen LogP contribution is 2.21. The smallest absolute Gasteiger partial charge is 0.243 e. The van der Waals surface area contributed by atoms with Crippen LogP contribution in [0.5, 0.6) is 0 Å². The lowest BCUT2D eigenvalue weighted by Crippen LogP contribution is -2.46. The Labute approximate surface area is 153 Å². The molecule has 2 aromatic rings. The van der Waals surface area contributed by atoms with Crippen LogP contribution in [-0.4, -0.2) is 53.4 Å². The fourth-order valence-corrected chi connectivity index (χ4v) is 3.14. The van der Waals surface area contributed by atoms with Crippen LogP contribution < -0.4 is 10.2 Å². The molecule has 1 aromatic carbocycles. The number of piperidine rings is 1. The van der Waals surface area contributed by atoms with Crippen LogP contribution in [0.2, 0.25) is 0 Å². The molecule has 1 fully saturated rings. The number of likely N-dealkylation sites (N-methyl/N-ethyl adjacent to an activating group) is 1. The summed E-state index contributed by atoms with van der Waals surface area (Å²) in [7, 11) is 1.67. The van der Waals surface area contributed by atoms with E-state index in [-0.39, 0.29) is 24.3 Å². The van der Waals surface area contributed by atoms with Gasteiger partial charge in [-0.25, -0.2) is 9.97 Å². The highest BCUT2D eigenvalue weighted by Gasteiger charge is 2.29. The van der Waals surface area contributed by atoms with E-state index in [1.807, 2.05) is 35.2 Å². The number of nitrogens with one attached hydrogen (secondary N) is 1. The molecule has 1 aromatic heterocycles. The van der Waals surface area contributed by atoms with Crippen molar-refractivity contribution in [2.45, 2.75) is 12.8 Å². The number of nitrogens with zero attached hydrogens (tertiary/aromatic N) is 4. The second-order valence-electron chi connectivity index (χ2n) is 6.44. The molecule has 136 valence electrons. The molecule has 0 bridgehead atoms. The van der Waals surface area contributed by atoms with Gasteiger partial charge in [0.1, 0.15) is 0 Å². The van der Waals surface area contributed by atoms with Gasteiger partial charge >= 0.3 is 0 Å². The minimum Gasteiger partial charge on any atom is -0.340 e. The average molecular weight is 353 g/mol. The van der Waals surface area contributed by atoms with Crippen molar-refractivity contribution in [3.05, 3.63) is 48.8 Å². The zero-order valence-corrected chi connectivity index (χ0v) is 14.8. The molecule has 0 saturated carbocycles. The first-order valence-electron chi connectivity index (χ1n) is 8.75. The van der Waals surface area contributed by atoms with E-state index in [0.29, 0.717) is 12.5 Å². The van der Waals surface area contributed by atoms with Crippen LogP contribution in [0, 0.1) is 5.92 Å². The van der Waals surface area contributed by atoms with Gasteiger partial charge in [-0.15, -0.1) is 0 Å². The zero-order chi connectivity index (χ0) is 18.4. The summed E-state index contributed by atoms with van der Waals surface area (Å²) in [6.07, 6.45) is 5.12. The number of anilines is 2. The largest absolute Gasteiger partial charge is 0.340 e. The number of hydrogen-bond donors (Lipinski definition) is 1. The Kier molecular flexibility index (Phi) is 5.78. The maximum atomic E-state index is 12.7. The van der Waals surface area contributed by atoms with Crippen molar-refractivity contribution in [2.75, 3.05) is 36.9 Å². The maximum absolute atomic E-state index is 12.7. The number of carbonyl (C=O) groups is 2. The molecule has 1 atom stereocenters. The molecule has 1 saturated heterocycles. The van der Waals surface area contributed by atoms with E-state index in [0.717, 1.165) is 25.1 Å². The fourth-order valence-electron chi connectivity index (χ4n) is 3.14. The van der Waals surface area contributed by atoms with Gasteiger partial charge < -0.3 is 15.1 Å². The van der Waals surface area contributed by atoms with Gasteiger partial charge in [0.25, 0.3) is 0 Å². The van der Waals surface area contributed by atoms with Gasteiger partial charge in [0, 0.05) is 38.2 Å². The summed E-state index contributed by atoms with van der Waals surface area (Å²) < 4.78 is 0. The van der Waals surface area contributed by atoms with Gasteiger partial charge in [0.15, 0.2) is 0 Å². The third-order valence-corrected chi connectivity index (χ3v) is 4.42. The van der Waals surface area contributed by atoms with E-state index < -0.39 is 0 Å². The molecule has 0 spiro atoms. The molecule has 2 amide bonds. The fraction of sp³-hybridized carbons (Fsp3) is 0.368. The normalized spacial score (nSPS) is 16.8. The Hall–Kier alpha value is -2.96. The number of benzene rings is 1. The van der Waals surface area contributed by atoms with Gasteiger partial charge in [0.05, 0.1) is 12.5 Å². The Morgan fingerprint density at radius 1 is 1.19 bits per heavy atom. The number of rotatable bonds is 5. The topological polar surface area (TPSA) is 78.4 Å². The Morgan fingerprint density at radius 3 is 2.65 bits per heavy atom. The van der Waals surface area contributed by atoms with Crippen molar-refractivity contribution in [3.63, 3.8) is 0 Å². The Morgan fingerprint density at radius 2 is 1.92 bits per heavy atom. The number of carbonyl (C=O) groups excluding carboxylic acids is 2. The molecule has 7 heteroatoms. The van der Waals surface area contributed by atoms with Crippen molar-refractivity contribution in [1.29, 1.82) is 0 Å². The zero-order valence-electron chi connectivity index (χ0n) is 14.8. The highest BCUT2D eigenvalue weighted by molar-refractivity contribution is 5.94. The number of amides is 2. The van der Waals surface area contributed by atoms with Crippen LogP contribution in [0.3, 0.4) is 0 Å². The molecule has 1 N–H and O–H groups in total. The second kappa shape index (κ2) is 8.42. The summed E-state index contributed by atoms with van der Waals surface area (Å²) in [5.41, 5.74) is 0.725. The molecule has 3 rings (SSSR count). The summed E-state index contributed by atoms with van der Waals surface area (Å²) in [6.45, 7) is 1.45.